The van der Waals surface area contributed by atoms with Crippen molar-refractivity contribution in [3.63, 3.8) is 0 Å². The summed E-state index contributed by atoms with van der Waals surface area (Å²) < 4.78 is 10.4. The Balaban J connectivity index is 1.83. The molecule has 0 aliphatic carbocycles. The fourth-order valence-electron chi connectivity index (χ4n) is 3.45. The van der Waals surface area contributed by atoms with Crippen LogP contribution in [0.5, 0.6) is 0 Å². The standard InChI is InChI=1S/C22H24N2O5/c1-3-28-22(27)21-15(2)24(14-19(25)23-13-17-10-7-11-29-17)20(26)12-18(21)16-8-5-4-6-9-16/h4-11,18H,3,12-14H2,1-2H3,(H,23,25). The number of carbonyl (C=O) groups is 3. The first kappa shape index (κ1) is 20.4. The molecule has 1 N–H and O–H groups in total. The molecule has 3 rings (SSSR count). The van der Waals surface area contributed by atoms with Crippen molar-refractivity contribution in [3.8, 4) is 0 Å². The second-order valence-corrected chi connectivity index (χ2v) is 6.72. The molecule has 29 heavy (non-hydrogen) atoms. The van der Waals surface area contributed by atoms with Gasteiger partial charge in [0.2, 0.25) is 11.8 Å². The molecule has 1 aliphatic heterocycles. The number of allylic oxidation sites excluding steroid dienone is 1. The van der Waals surface area contributed by atoms with Gasteiger partial charge in [-0.25, -0.2) is 4.79 Å². The summed E-state index contributed by atoms with van der Waals surface area (Å²) in [5.41, 5.74) is 1.73. The number of ether oxygens (including phenoxy) is 1. The van der Waals surface area contributed by atoms with E-state index in [4.69, 9.17) is 9.15 Å². The molecule has 1 unspecified atom stereocenters. The summed E-state index contributed by atoms with van der Waals surface area (Å²) in [7, 11) is 0. The molecule has 0 bridgehead atoms. The van der Waals surface area contributed by atoms with Crippen LogP contribution < -0.4 is 5.32 Å². The number of carbonyl (C=O) groups excluding carboxylic acids is 3. The van der Waals surface area contributed by atoms with Crippen molar-refractivity contribution in [2.24, 2.45) is 0 Å². The number of furan rings is 1. The number of benzene rings is 1. The van der Waals surface area contributed by atoms with Crippen LogP contribution in [0.25, 0.3) is 0 Å². The van der Waals surface area contributed by atoms with Crippen LogP contribution in [0.15, 0.2) is 64.4 Å². The van der Waals surface area contributed by atoms with Gasteiger partial charge >= 0.3 is 5.97 Å². The monoisotopic (exact) mass is 396 g/mol. The maximum absolute atomic E-state index is 12.8. The van der Waals surface area contributed by atoms with E-state index in [0.717, 1.165) is 5.56 Å². The van der Waals surface area contributed by atoms with Crippen LogP contribution in [0.2, 0.25) is 0 Å². The van der Waals surface area contributed by atoms with Crippen LogP contribution in [-0.4, -0.2) is 35.8 Å². The van der Waals surface area contributed by atoms with Crippen molar-refractivity contribution in [1.82, 2.24) is 10.2 Å². The highest BCUT2D eigenvalue weighted by Crippen LogP contribution is 2.36. The third-order valence-electron chi connectivity index (χ3n) is 4.86. The van der Waals surface area contributed by atoms with Gasteiger partial charge < -0.3 is 19.4 Å². The highest BCUT2D eigenvalue weighted by atomic mass is 16.5. The molecule has 0 saturated carbocycles. The van der Waals surface area contributed by atoms with Crippen LogP contribution in [0.3, 0.4) is 0 Å². The summed E-state index contributed by atoms with van der Waals surface area (Å²) in [6.07, 6.45) is 1.62. The van der Waals surface area contributed by atoms with Gasteiger partial charge in [-0.1, -0.05) is 30.3 Å². The minimum Gasteiger partial charge on any atom is -0.467 e. The first-order valence-corrected chi connectivity index (χ1v) is 9.53. The molecule has 0 spiro atoms. The summed E-state index contributed by atoms with van der Waals surface area (Å²) in [6, 6.07) is 12.9. The molecular formula is C22H24N2O5. The molecule has 1 aliphatic rings. The van der Waals surface area contributed by atoms with Gasteiger partial charge in [0.05, 0.1) is 25.0 Å². The molecule has 2 heterocycles. The lowest BCUT2D eigenvalue weighted by atomic mass is 9.83. The van der Waals surface area contributed by atoms with E-state index in [-0.39, 0.29) is 37.9 Å². The predicted octanol–water partition coefficient (Wildman–Crippen LogP) is 2.75. The zero-order chi connectivity index (χ0) is 20.8. The lowest BCUT2D eigenvalue weighted by Crippen LogP contribution is -2.44. The third-order valence-corrected chi connectivity index (χ3v) is 4.86. The van der Waals surface area contributed by atoms with Gasteiger partial charge in [-0.2, -0.15) is 0 Å². The maximum Gasteiger partial charge on any atom is 0.336 e. The van der Waals surface area contributed by atoms with Gasteiger partial charge in [0.15, 0.2) is 0 Å². The minimum absolute atomic E-state index is 0.0982. The molecule has 0 fully saturated rings. The Hall–Kier alpha value is -3.35. The summed E-state index contributed by atoms with van der Waals surface area (Å²) in [4.78, 5) is 39.2. The van der Waals surface area contributed by atoms with E-state index >= 15 is 0 Å². The Morgan fingerprint density at radius 3 is 2.62 bits per heavy atom. The number of nitrogens with zero attached hydrogens (tertiary/aromatic N) is 1. The highest BCUT2D eigenvalue weighted by molar-refractivity contribution is 5.97. The van der Waals surface area contributed by atoms with E-state index in [1.807, 2.05) is 30.3 Å². The van der Waals surface area contributed by atoms with Crippen LogP contribution >= 0.6 is 0 Å². The van der Waals surface area contributed by atoms with E-state index in [1.54, 1.807) is 26.0 Å². The first-order valence-electron chi connectivity index (χ1n) is 9.53. The summed E-state index contributed by atoms with van der Waals surface area (Å²) in [5, 5.41) is 2.72. The second kappa shape index (κ2) is 9.23. The van der Waals surface area contributed by atoms with Gasteiger partial charge in [-0.05, 0) is 31.5 Å². The molecule has 0 saturated heterocycles. The Morgan fingerprint density at radius 1 is 1.21 bits per heavy atom. The molecule has 1 atom stereocenters. The molecule has 1 aromatic carbocycles. The minimum atomic E-state index is -0.465. The summed E-state index contributed by atoms with van der Waals surface area (Å²) in [6.45, 7) is 3.71. The largest absolute Gasteiger partial charge is 0.467 e. The number of rotatable bonds is 7. The summed E-state index contributed by atoms with van der Waals surface area (Å²) >= 11 is 0. The third kappa shape index (κ3) is 4.74. The zero-order valence-corrected chi connectivity index (χ0v) is 16.5. The average Bonchev–Trinajstić information content (AvgIpc) is 3.23. The van der Waals surface area contributed by atoms with Crippen molar-refractivity contribution in [1.29, 1.82) is 0 Å². The molecule has 0 radical (unpaired) electrons. The lowest BCUT2D eigenvalue weighted by molar-refractivity contribution is -0.141. The fraction of sp³-hybridized carbons (Fsp3) is 0.318. The smallest absolute Gasteiger partial charge is 0.336 e. The molecule has 2 aromatic rings. The number of nitrogens with one attached hydrogen (secondary N) is 1. The van der Waals surface area contributed by atoms with Gasteiger partial charge in [-0.3, -0.25) is 9.59 Å². The number of hydrogen-bond acceptors (Lipinski definition) is 5. The Morgan fingerprint density at radius 2 is 1.97 bits per heavy atom. The SMILES string of the molecule is CCOC(=O)C1=C(C)N(CC(=O)NCc2ccco2)C(=O)CC1c1ccccc1. The second-order valence-electron chi connectivity index (χ2n) is 6.72. The van der Waals surface area contributed by atoms with E-state index in [9.17, 15) is 14.4 Å². The Labute approximate surface area is 169 Å². The van der Waals surface area contributed by atoms with Crippen molar-refractivity contribution in [2.75, 3.05) is 13.2 Å². The van der Waals surface area contributed by atoms with Crippen molar-refractivity contribution in [2.45, 2.75) is 32.7 Å². The molecule has 7 nitrogen and oxygen atoms in total. The van der Waals surface area contributed by atoms with Crippen LogP contribution in [0.4, 0.5) is 0 Å². The maximum atomic E-state index is 12.8. The summed E-state index contributed by atoms with van der Waals surface area (Å²) in [5.74, 6) is -0.794. The average molecular weight is 396 g/mol. The lowest BCUT2D eigenvalue weighted by Gasteiger charge is -2.34. The molecule has 2 amide bonds. The predicted molar refractivity (Wildman–Crippen MR) is 105 cm³/mol. The van der Waals surface area contributed by atoms with Crippen LogP contribution in [-0.2, 0) is 25.7 Å². The van der Waals surface area contributed by atoms with E-state index < -0.39 is 11.9 Å². The zero-order valence-electron chi connectivity index (χ0n) is 16.5. The Bertz CT molecular complexity index is 903. The van der Waals surface area contributed by atoms with Gasteiger partial charge in [-0.15, -0.1) is 0 Å². The molecular weight excluding hydrogens is 372 g/mol. The van der Waals surface area contributed by atoms with E-state index in [2.05, 4.69) is 5.32 Å². The molecule has 7 heteroatoms. The van der Waals surface area contributed by atoms with Crippen LogP contribution in [0.1, 0.15) is 37.5 Å². The van der Waals surface area contributed by atoms with Crippen LogP contribution in [0, 0.1) is 0 Å². The number of hydrogen-bond donors (Lipinski definition) is 1. The van der Waals surface area contributed by atoms with Crippen molar-refractivity contribution < 1.29 is 23.5 Å². The topological polar surface area (TPSA) is 88.8 Å². The quantitative estimate of drug-likeness (QED) is 0.727. The number of esters is 1. The van der Waals surface area contributed by atoms with Crippen molar-refractivity contribution in [3.05, 3.63) is 71.3 Å². The first-order chi connectivity index (χ1) is 14.0. The van der Waals surface area contributed by atoms with Gasteiger partial charge in [0, 0.05) is 18.0 Å². The fourth-order valence-corrected chi connectivity index (χ4v) is 3.45. The van der Waals surface area contributed by atoms with E-state index in [0.29, 0.717) is 17.0 Å². The number of amides is 2. The van der Waals surface area contributed by atoms with E-state index in [1.165, 1.54) is 11.2 Å². The van der Waals surface area contributed by atoms with Crippen molar-refractivity contribution >= 4 is 17.8 Å². The Kier molecular flexibility index (Phi) is 6.49. The van der Waals surface area contributed by atoms with Gasteiger partial charge in [0.25, 0.3) is 0 Å². The normalized spacial score (nSPS) is 16.7. The molecule has 1 aromatic heterocycles. The van der Waals surface area contributed by atoms with Gasteiger partial charge in [0.1, 0.15) is 12.3 Å². The molecule has 152 valence electrons. The highest BCUT2D eigenvalue weighted by Gasteiger charge is 2.37.